The Balaban J connectivity index is 1.91. The average Bonchev–Trinajstić information content (AvgIpc) is 2.69. The summed E-state index contributed by atoms with van der Waals surface area (Å²) in [6.45, 7) is 2.02. The lowest BCUT2D eigenvalue weighted by Gasteiger charge is -2.14. The minimum absolute atomic E-state index is 0.0124. The van der Waals surface area contributed by atoms with Gasteiger partial charge in [0.2, 0.25) is 6.29 Å². The molecule has 0 aromatic heterocycles. The molecular weight excluding hydrogens is 172 g/mol. The molecule has 3 aliphatic rings. The molecule has 0 unspecified atom stereocenters. The predicted octanol–water partition coefficient (Wildman–Crippen LogP) is -0.238. The predicted molar refractivity (Wildman–Crippen MR) is 40.8 cm³/mol. The Kier molecular flexibility index (Phi) is 1.29. The van der Waals surface area contributed by atoms with Gasteiger partial charge in [0.05, 0.1) is 12.7 Å². The third kappa shape index (κ3) is 0.823. The molecule has 0 aromatic carbocycles. The fraction of sp³-hybridized carbons (Fsp3) is 0.778. The zero-order chi connectivity index (χ0) is 9.16. The molecule has 2 aliphatic heterocycles. The number of rotatable bonds is 1. The molecule has 2 bridgehead atoms. The second-order valence-corrected chi connectivity index (χ2v) is 3.98. The van der Waals surface area contributed by atoms with Gasteiger partial charge in [0.25, 0.3) is 0 Å². The number of carbonyl (C=O) groups excluding carboxylic acids is 2. The van der Waals surface area contributed by atoms with E-state index < -0.39 is 6.29 Å². The van der Waals surface area contributed by atoms with Crippen LogP contribution < -0.4 is 0 Å². The highest BCUT2D eigenvalue weighted by Crippen LogP contribution is 2.56. The van der Waals surface area contributed by atoms with Crippen LogP contribution in [0.3, 0.4) is 0 Å². The molecule has 70 valence electrons. The highest BCUT2D eigenvalue weighted by Gasteiger charge is 2.67. The van der Waals surface area contributed by atoms with Gasteiger partial charge in [0.15, 0.2) is 5.78 Å². The van der Waals surface area contributed by atoms with Crippen LogP contribution in [-0.2, 0) is 19.1 Å². The molecule has 4 nitrogen and oxygen atoms in total. The standard InChI is InChI=1S/C9H10O4/c1-3(10)5-6-4-2-12-9(13-4)8(11)7(5)6/h4-7,9H,2H2,1H3/t4-,5-,6-,7+,9-/m1/s1. The van der Waals surface area contributed by atoms with Crippen molar-refractivity contribution < 1.29 is 19.1 Å². The fourth-order valence-corrected chi connectivity index (χ4v) is 2.62. The van der Waals surface area contributed by atoms with Crippen LogP contribution in [0.5, 0.6) is 0 Å². The number of Topliss-reactive ketones (excluding diaryl/α,β-unsaturated/α-hetero) is 2. The first kappa shape index (κ1) is 7.64. The van der Waals surface area contributed by atoms with E-state index in [0.717, 1.165) is 0 Å². The number of hydrogen-bond acceptors (Lipinski definition) is 4. The van der Waals surface area contributed by atoms with Gasteiger partial charge in [0.1, 0.15) is 5.78 Å². The van der Waals surface area contributed by atoms with Gasteiger partial charge in [-0.05, 0) is 6.92 Å². The van der Waals surface area contributed by atoms with E-state index in [1.165, 1.54) is 0 Å². The Bertz CT molecular complexity index is 298. The highest BCUT2D eigenvalue weighted by molar-refractivity contribution is 5.97. The fourth-order valence-electron chi connectivity index (χ4n) is 2.62. The van der Waals surface area contributed by atoms with Crippen LogP contribution in [0.15, 0.2) is 0 Å². The summed E-state index contributed by atoms with van der Waals surface area (Å²) in [7, 11) is 0. The van der Waals surface area contributed by atoms with Crippen LogP contribution in [0, 0.1) is 17.8 Å². The number of hydrogen-bond donors (Lipinski definition) is 0. The molecular formula is C9H10O4. The van der Waals surface area contributed by atoms with Gasteiger partial charge in [-0.15, -0.1) is 0 Å². The third-order valence-electron chi connectivity index (χ3n) is 3.25. The molecule has 3 fully saturated rings. The molecule has 13 heavy (non-hydrogen) atoms. The van der Waals surface area contributed by atoms with Gasteiger partial charge in [-0.25, -0.2) is 0 Å². The Labute approximate surface area is 75.2 Å². The SMILES string of the molecule is CC(=O)[C@H]1[C@@H]2C(=O)[C@@H]3OC[C@@H](O3)[C@H]12. The number of ketones is 2. The summed E-state index contributed by atoms with van der Waals surface area (Å²) in [5.74, 6) is 0.0253. The van der Waals surface area contributed by atoms with Crippen LogP contribution in [-0.4, -0.2) is 30.6 Å². The average molecular weight is 182 g/mol. The lowest BCUT2D eigenvalue weighted by molar-refractivity contribution is -0.153. The van der Waals surface area contributed by atoms with Crippen molar-refractivity contribution in [3.8, 4) is 0 Å². The molecule has 0 amide bonds. The van der Waals surface area contributed by atoms with Crippen molar-refractivity contribution in [2.45, 2.75) is 19.3 Å². The van der Waals surface area contributed by atoms with Gasteiger partial charge in [-0.3, -0.25) is 9.59 Å². The largest absolute Gasteiger partial charge is 0.343 e. The van der Waals surface area contributed by atoms with Gasteiger partial charge in [0, 0.05) is 17.8 Å². The molecule has 1 aliphatic carbocycles. The van der Waals surface area contributed by atoms with E-state index >= 15 is 0 Å². The molecule has 5 atom stereocenters. The number of carbonyl (C=O) groups is 2. The van der Waals surface area contributed by atoms with Gasteiger partial charge >= 0.3 is 0 Å². The topological polar surface area (TPSA) is 52.6 Å². The quantitative estimate of drug-likeness (QED) is 0.561. The second kappa shape index (κ2) is 2.19. The summed E-state index contributed by atoms with van der Waals surface area (Å²) in [6.07, 6.45) is -0.683. The third-order valence-corrected chi connectivity index (χ3v) is 3.25. The van der Waals surface area contributed by atoms with Crippen LogP contribution in [0.1, 0.15) is 6.92 Å². The van der Waals surface area contributed by atoms with Gasteiger partial charge in [-0.1, -0.05) is 0 Å². The van der Waals surface area contributed by atoms with Gasteiger partial charge in [-0.2, -0.15) is 0 Å². The van der Waals surface area contributed by atoms with Crippen LogP contribution >= 0.6 is 0 Å². The summed E-state index contributed by atoms with van der Waals surface area (Å²) >= 11 is 0. The van der Waals surface area contributed by atoms with Crippen molar-refractivity contribution in [3.63, 3.8) is 0 Å². The molecule has 0 N–H and O–H groups in total. The molecule has 4 heteroatoms. The molecule has 3 rings (SSSR count). The maximum absolute atomic E-state index is 11.5. The minimum Gasteiger partial charge on any atom is -0.343 e. The van der Waals surface area contributed by atoms with E-state index in [1.54, 1.807) is 6.92 Å². The Morgan fingerprint density at radius 3 is 3.00 bits per heavy atom. The molecule has 1 saturated carbocycles. The molecule has 0 radical (unpaired) electrons. The summed E-state index contributed by atoms with van der Waals surface area (Å²) < 4.78 is 10.5. The summed E-state index contributed by atoms with van der Waals surface area (Å²) in [4.78, 5) is 22.7. The monoisotopic (exact) mass is 182 g/mol. The van der Waals surface area contributed by atoms with Gasteiger partial charge < -0.3 is 9.47 Å². The molecule has 0 spiro atoms. The first-order valence-corrected chi connectivity index (χ1v) is 4.51. The van der Waals surface area contributed by atoms with Crippen LogP contribution in [0.25, 0.3) is 0 Å². The van der Waals surface area contributed by atoms with Crippen molar-refractivity contribution in [2.24, 2.45) is 17.8 Å². The van der Waals surface area contributed by atoms with E-state index in [2.05, 4.69) is 0 Å². The summed E-state index contributed by atoms with van der Waals surface area (Å²) in [6, 6.07) is 0. The van der Waals surface area contributed by atoms with Crippen LogP contribution in [0.4, 0.5) is 0 Å². The van der Waals surface area contributed by atoms with Crippen molar-refractivity contribution >= 4 is 11.6 Å². The van der Waals surface area contributed by atoms with Crippen molar-refractivity contribution in [1.82, 2.24) is 0 Å². The Morgan fingerprint density at radius 1 is 1.54 bits per heavy atom. The van der Waals surface area contributed by atoms with E-state index in [0.29, 0.717) is 6.61 Å². The summed E-state index contributed by atoms with van der Waals surface area (Å²) in [5.41, 5.74) is 0. The minimum atomic E-state index is -0.671. The maximum atomic E-state index is 11.5. The van der Waals surface area contributed by atoms with E-state index in [1.807, 2.05) is 0 Å². The van der Waals surface area contributed by atoms with Crippen molar-refractivity contribution in [1.29, 1.82) is 0 Å². The van der Waals surface area contributed by atoms with Crippen molar-refractivity contribution in [2.75, 3.05) is 6.61 Å². The van der Waals surface area contributed by atoms with E-state index in [-0.39, 0.29) is 35.4 Å². The number of fused-ring (bicyclic) bond motifs is 4. The highest BCUT2D eigenvalue weighted by atomic mass is 16.7. The first-order valence-electron chi connectivity index (χ1n) is 4.51. The summed E-state index contributed by atoms with van der Waals surface area (Å²) in [5, 5.41) is 0. The Morgan fingerprint density at radius 2 is 2.31 bits per heavy atom. The maximum Gasteiger partial charge on any atom is 0.218 e. The normalized spacial score (nSPS) is 51.8. The Hall–Kier alpha value is -0.740. The van der Waals surface area contributed by atoms with E-state index in [9.17, 15) is 9.59 Å². The zero-order valence-electron chi connectivity index (χ0n) is 7.23. The van der Waals surface area contributed by atoms with E-state index in [4.69, 9.17) is 9.47 Å². The lowest BCUT2D eigenvalue weighted by Crippen LogP contribution is -2.30. The molecule has 2 saturated heterocycles. The lowest BCUT2D eigenvalue weighted by atomic mass is 10.1. The second-order valence-electron chi connectivity index (χ2n) is 3.98. The number of ether oxygens (including phenoxy) is 2. The van der Waals surface area contributed by atoms with Crippen LogP contribution in [0.2, 0.25) is 0 Å². The zero-order valence-corrected chi connectivity index (χ0v) is 7.23. The van der Waals surface area contributed by atoms with Crippen molar-refractivity contribution in [3.05, 3.63) is 0 Å². The smallest absolute Gasteiger partial charge is 0.218 e. The first-order chi connectivity index (χ1) is 6.20. The molecule has 2 heterocycles. The molecule has 0 aromatic rings.